The summed E-state index contributed by atoms with van der Waals surface area (Å²) < 4.78 is 5.28. The minimum absolute atomic E-state index is 0.0741. The molecule has 0 bridgehead atoms. The third kappa shape index (κ3) is 4.64. The van der Waals surface area contributed by atoms with Gasteiger partial charge in [0.1, 0.15) is 6.61 Å². The van der Waals surface area contributed by atoms with Gasteiger partial charge in [0.15, 0.2) is 0 Å². The Morgan fingerprint density at radius 3 is 2.58 bits per heavy atom. The SMILES string of the molecule is C[C@H](NC(=O)[C@@H]1COC(=O)[C@H](Cc2ccc(Cl)cc2)C1)c1ccccc1. The van der Waals surface area contributed by atoms with Crippen molar-refractivity contribution < 1.29 is 14.3 Å². The highest BCUT2D eigenvalue weighted by atomic mass is 35.5. The van der Waals surface area contributed by atoms with E-state index in [1.54, 1.807) is 12.1 Å². The molecule has 1 fully saturated rings. The van der Waals surface area contributed by atoms with Gasteiger partial charge < -0.3 is 10.1 Å². The van der Waals surface area contributed by atoms with Crippen molar-refractivity contribution in [2.75, 3.05) is 6.61 Å². The molecule has 2 aromatic rings. The highest BCUT2D eigenvalue weighted by Gasteiger charge is 2.34. The Balaban J connectivity index is 1.60. The standard InChI is InChI=1S/C21H22ClNO3/c1-14(16-5-3-2-4-6-16)23-20(24)18-12-17(21(25)26-13-18)11-15-7-9-19(22)10-8-15/h2-10,14,17-18H,11-13H2,1H3,(H,23,24)/t14-,17+,18-/m0/s1. The molecule has 5 heteroatoms. The largest absolute Gasteiger partial charge is 0.465 e. The van der Waals surface area contributed by atoms with E-state index in [2.05, 4.69) is 5.32 Å². The first kappa shape index (κ1) is 18.5. The zero-order valence-corrected chi connectivity index (χ0v) is 15.4. The Bertz CT molecular complexity index is 761. The van der Waals surface area contributed by atoms with Crippen LogP contribution in [0.25, 0.3) is 0 Å². The molecule has 1 aliphatic heterocycles. The van der Waals surface area contributed by atoms with Crippen molar-refractivity contribution in [2.24, 2.45) is 11.8 Å². The Kier molecular flexibility index (Phi) is 5.94. The summed E-state index contributed by atoms with van der Waals surface area (Å²) in [6.07, 6.45) is 1.04. The summed E-state index contributed by atoms with van der Waals surface area (Å²) in [6, 6.07) is 17.1. The maximum atomic E-state index is 12.6. The molecule has 1 saturated heterocycles. The molecule has 0 radical (unpaired) electrons. The smallest absolute Gasteiger partial charge is 0.309 e. The second-order valence-corrected chi connectivity index (χ2v) is 7.17. The average Bonchev–Trinajstić information content (AvgIpc) is 2.66. The number of carbonyl (C=O) groups is 2. The number of esters is 1. The van der Waals surface area contributed by atoms with Crippen LogP contribution in [0.2, 0.25) is 5.02 Å². The minimum atomic E-state index is -0.323. The van der Waals surface area contributed by atoms with E-state index in [9.17, 15) is 9.59 Å². The average molecular weight is 372 g/mol. The summed E-state index contributed by atoms with van der Waals surface area (Å²) in [4.78, 5) is 24.7. The summed E-state index contributed by atoms with van der Waals surface area (Å²) in [7, 11) is 0. The van der Waals surface area contributed by atoms with Gasteiger partial charge in [-0.1, -0.05) is 54.1 Å². The van der Waals surface area contributed by atoms with Gasteiger partial charge in [-0.3, -0.25) is 9.59 Å². The van der Waals surface area contributed by atoms with Gasteiger partial charge >= 0.3 is 5.97 Å². The fourth-order valence-corrected chi connectivity index (χ4v) is 3.34. The molecular weight excluding hydrogens is 350 g/mol. The lowest BCUT2D eigenvalue weighted by Gasteiger charge is -2.28. The number of nitrogens with one attached hydrogen (secondary N) is 1. The zero-order chi connectivity index (χ0) is 18.5. The number of carbonyl (C=O) groups excluding carboxylic acids is 2. The predicted octanol–water partition coefficient (Wildman–Crippen LogP) is 3.94. The molecule has 0 aliphatic carbocycles. The molecular formula is C21H22ClNO3. The molecule has 0 unspecified atom stereocenters. The van der Waals surface area contributed by atoms with Crippen molar-refractivity contribution >= 4 is 23.5 Å². The van der Waals surface area contributed by atoms with Gasteiger partial charge in [0.2, 0.25) is 5.91 Å². The van der Waals surface area contributed by atoms with Gasteiger partial charge in [0.05, 0.1) is 17.9 Å². The molecule has 4 nitrogen and oxygen atoms in total. The van der Waals surface area contributed by atoms with Crippen LogP contribution >= 0.6 is 11.6 Å². The fourth-order valence-electron chi connectivity index (χ4n) is 3.22. The molecule has 1 amide bonds. The van der Waals surface area contributed by atoms with E-state index in [0.29, 0.717) is 17.9 Å². The van der Waals surface area contributed by atoms with Crippen molar-refractivity contribution in [1.82, 2.24) is 5.32 Å². The normalized spacial score (nSPS) is 20.9. The summed E-state index contributed by atoms with van der Waals surface area (Å²) >= 11 is 5.90. The third-order valence-electron chi connectivity index (χ3n) is 4.75. The maximum absolute atomic E-state index is 12.6. The van der Waals surface area contributed by atoms with Crippen molar-refractivity contribution in [1.29, 1.82) is 0 Å². The maximum Gasteiger partial charge on any atom is 0.309 e. The molecule has 3 atom stereocenters. The van der Waals surface area contributed by atoms with Crippen molar-refractivity contribution in [3.63, 3.8) is 0 Å². The molecule has 2 aromatic carbocycles. The van der Waals surface area contributed by atoms with Crippen LogP contribution in [0, 0.1) is 11.8 Å². The first-order valence-electron chi connectivity index (χ1n) is 8.79. The van der Waals surface area contributed by atoms with Crippen LogP contribution < -0.4 is 5.32 Å². The molecule has 1 N–H and O–H groups in total. The molecule has 0 spiro atoms. The Morgan fingerprint density at radius 1 is 1.19 bits per heavy atom. The van der Waals surface area contributed by atoms with E-state index < -0.39 is 0 Å². The number of halogens is 1. The van der Waals surface area contributed by atoms with Crippen LogP contribution in [-0.2, 0) is 20.7 Å². The lowest BCUT2D eigenvalue weighted by Crippen LogP contribution is -2.41. The topological polar surface area (TPSA) is 55.4 Å². The highest BCUT2D eigenvalue weighted by Crippen LogP contribution is 2.26. The van der Waals surface area contributed by atoms with E-state index in [0.717, 1.165) is 11.1 Å². The molecule has 26 heavy (non-hydrogen) atoms. The first-order chi connectivity index (χ1) is 12.5. The molecule has 3 rings (SSSR count). The zero-order valence-electron chi connectivity index (χ0n) is 14.7. The van der Waals surface area contributed by atoms with Gasteiger partial charge in [-0.25, -0.2) is 0 Å². The number of amides is 1. The Morgan fingerprint density at radius 2 is 1.88 bits per heavy atom. The summed E-state index contributed by atoms with van der Waals surface area (Å²) in [5, 5.41) is 3.68. The number of cyclic esters (lactones) is 1. The van der Waals surface area contributed by atoms with Gasteiger partial charge in [-0.15, -0.1) is 0 Å². The lowest BCUT2D eigenvalue weighted by molar-refractivity contribution is -0.158. The number of hydrogen-bond acceptors (Lipinski definition) is 3. The minimum Gasteiger partial charge on any atom is -0.465 e. The van der Waals surface area contributed by atoms with Crippen LogP contribution in [0.1, 0.15) is 30.5 Å². The van der Waals surface area contributed by atoms with Crippen LogP contribution in [0.5, 0.6) is 0 Å². The Hall–Kier alpha value is -2.33. The van der Waals surface area contributed by atoms with Crippen LogP contribution in [0.3, 0.4) is 0 Å². The molecule has 1 heterocycles. The van der Waals surface area contributed by atoms with Crippen LogP contribution in [0.15, 0.2) is 54.6 Å². The first-order valence-corrected chi connectivity index (χ1v) is 9.17. The van der Waals surface area contributed by atoms with E-state index in [-0.39, 0.29) is 36.4 Å². The van der Waals surface area contributed by atoms with Crippen molar-refractivity contribution in [3.05, 3.63) is 70.7 Å². The van der Waals surface area contributed by atoms with E-state index in [1.165, 1.54) is 0 Å². The van der Waals surface area contributed by atoms with E-state index >= 15 is 0 Å². The van der Waals surface area contributed by atoms with Gasteiger partial charge in [0, 0.05) is 5.02 Å². The fraction of sp³-hybridized carbons (Fsp3) is 0.333. The van der Waals surface area contributed by atoms with Crippen molar-refractivity contribution in [2.45, 2.75) is 25.8 Å². The third-order valence-corrected chi connectivity index (χ3v) is 5.01. The summed E-state index contributed by atoms with van der Waals surface area (Å²) in [5.41, 5.74) is 2.06. The quantitative estimate of drug-likeness (QED) is 0.810. The van der Waals surface area contributed by atoms with Gasteiger partial charge in [-0.2, -0.15) is 0 Å². The van der Waals surface area contributed by atoms with E-state index in [1.807, 2.05) is 49.4 Å². The Labute approximate surface area is 158 Å². The monoisotopic (exact) mass is 371 g/mol. The number of ether oxygens (including phenoxy) is 1. The molecule has 1 aliphatic rings. The second-order valence-electron chi connectivity index (χ2n) is 6.73. The van der Waals surface area contributed by atoms with E-state index in [4.69, 9.17) is 16.3 Å². The summed E-state index contributed by atoms with van der Waals surface area (Å²) in [6.45, 7) is 2.09. The molecule has 0 saturated carbocycles. The van der Waals surface area contributed by atoms with Gasteiger partial charge in [0.25, 0.3) is 0 Å². The number of rotatable bonds is 5. The van der Waals surface area contributed by atoms with Crippen molar-refractivity contribution in [3.8, 4) is 0 Å². The molecule has 136 valence electrons. The molecule has 0 aromatic heterocycles. The highest BCUT2D eigenvalue weighted by molar-refractivity contribution is 6.30. The second kappa shape index (κ2) is 8.37. The predicted molar refractivity (Wildman–Crippen MR) is 101 cm³/mol. The number of hydrogen-bond donors (Lipinski definition) is 1. The lowest BCUT2D eigenvalue weighted by atomic mass is 9.87. The number of benzene rings is 2. The van der Waals surface area contributed by atoms with Gasteiger partial charge in [-0.05, 0) is 43.0 Å². The summed E-state index contributed by atoms with van der Waals surface area (Å²) in [5.74, 6) is -0.945. The van der Waals surface area contributed by atoms with Crippen LogP contribution in [-0.4, -0.2) is 18.5 Å². The van der Waals surface area contributed by atoms with Crippen LogP contribution in [0.4, 0.5) is 0 Å².